The van der Waals surface area contributed by atoms with Gasteiger partial charge in [-0.05, 0) is 25.7 Å². The lowest BCUT2D eigenvalue weighted by Gasteiger charge is -2.37. The number of likely N-dealkylation sites (tertiary alicyclic amines) is 1. The van der Waals surface area contributed by atoms with E-state index in [1.807, 2.05) is 0 Å². The van der Waals surface area contributed by atoms with Gasteiger partial charge in [0, 0.05) is 6.42 Å². The molecule has 2 aliphatic carbocycles. The standard InChI is InChI=1S/C17H24N2O2/c18-13-17(10-4-2-1-3-5-11-17)19-14(20)12-16(15(19)21)8-6-7-9-16/h1-12H2. The number of hydrogen-bond acceptors (Lipinski definition) is 3. The van der Waals surface area contributed by atoms with Gasteiger partial charge in [-0.1, -0.05) is 44.9 Å². The van der Waals surface area contributed by atoms with Crippen LogP contribution in [0.1, 0.15) is 77.0 Å². The first-order valence-corrected chi connectivity index (χ1v) is 8.42. The van der Waals surface area contributed by atoms with Crippen LogP contribution in [-0.2, 0) is 9.59 Å². The molecular formula is C17H24N2O2. The lowest BCUT2D eigenvalue weighted by Crippen LogP contribution is -2.52. The molecule has 1 spiro atoms. The smallest absolute Gasteiger partial charge is 0.237 e. The first-order chi connectivity index (χ1) is 10.1. The van der Waals surface area contributed by atoms with Gasteiger partial charge < -0.3 is 0 Å². The fourth-order valence-electron chi connectivity index (χ4n) is 4.55. The fraction of sp³-hybridized carbons (Fsp3) is 0.824. The minimum atomic E-state index is -0.860. The summed E-state index contributed by atoms with van der Waals surface area (Å²) in [6, 6.07) is 2.38. The van der Waals surface area contributed by atoms with Crippen molar-refractivity contribution in [1.29, 1.82) is 5.26 Å². The highest BCUT2D eigenvalue weighted by molar-refractivity contribution is 6.07. The van der Waals surface area contributed by atoms with Crippen molar-refractivity contribution in [2.24, 2.45) is 5.41 Å². The van der Waals surface area contributed by atoms with Crippen molar-refractivity contribution >= 4 is 11.8 Å². The molecule has 2 saturated carbocycles. The van der Waals surface area contributed by atoms with Crippen LogP contribution in [0.5, 0.6) is 0 Å². The van der Waals surface area contributed by atoms with Gasteiger partial charge in [0.15, 0.2) is 0 Å². The van der Waals surface area contributed by atoms with Crippen LogP contribution in [-0.4, -0.2) is 22.3 Å². The molecule has 0 radical (unpaired) electrons. The average Bonchev–Trinajstić information content (AvgIpc) is 2.99. The van der Waals surface area contributed by atoms with Crippen molar-refractivity contribution in [3.8, 4) is 6.07 Å². The number of nitriles is 1. The molecule has 0 atom stereocenters. The highest BCUT2D eigenvalue weighted by Gasteiger charge is 2.58. The van der Waals surface area contributed by atoms with Crippen LogP contribution < -0.4 is 0 Å². The summed E-state index contributed by atoms with van der Waals surface area (Å²) in [6.45, 7) is 0. The Bertz CT molecular complexity index is 478. The van der Waals surface area contributed by atoms with Gasteiger partial charge in [0.25, 0.3) is 0 Å². The molecule has 114 valence electrons. The van der Waals surface area contributed by atoms with Crippen molar-refractivity contribution < 1.29 is 9.59 Å². The summed E-state index contributed by atoms with van der Waals surface area (Å²) in [5.41, 5.74) is -1.32. The third-order valence-corrected chi connectivity index (χ3v) is 5.77. The summed E-state index contributed by atoms with van der Waals surface area (Å²) in [4.78, 5) is 26.9. The molecule has 4 nitrogen and oxygen atoms in total. The average molecular weight is 288 g/mol. The predicted molar refractivity (Wildman–Crippen MR) is 78.0 cm³/mol. The second kappa shape index (κ2) is 5.44. The Morgan fingerprint density at radius 1 is 0.857 bits per heavy atom. The summed E-state index contributed by atoms with van der Waals surface area (Å²) >= 11 is 0. The molecule has 0 unspecified atom stereocenters. The van der Waals surface area contributed by atoms with Crippen molar-refractivity contribution in [1.82, 2.24) is 4.90 Å². The van der Waals surface area contributed by atoms with Gasteiger partial charge >= 0.3 is 0 Å². The summed E-state index contributed by atoms with van der Waals surface area (Å²) < 4.78 is 0. The molecule has 0 bridgehead atoms. The van der Waals surface area contributed by atoms with Gasteiger partial charge in [-0.25, -0.2) is 0 Å². The Morgan fingerprint density at radius 2 is 1.38 bits per heavy atom. The minimum absolute atomic E-state index is 0.0351. The maximum Gasteiger partial charge on any atom is 0.237 e. The third kappa shape index (κ3) is 2.27. The van der Waals surface area contributed by atoms with E-state index in [0.717, 1.165) is 51.4 Å². The molecule has 3 aliphatic rings. The molecule has 0 N–H and O–H groups in total. The summed E-state index contributed by atoms with van der Waals surface area (Å²) in [5, 5.41) is 9.79. The zero-order valence-corrected chi connectivity index (χ0v) is 12.7. The topological polar surface area (TPSA) is 61.2 Å². The van der Waals surface area contributed by atoms with E-state index in [-0.39, 0.29) is 11.8 Å². The van der Waals surface area contributed by atoms with Crippen LogP contribution in [0.4, 0.5) is 0 Å². The summed E-state index contributed by atoms with van der Waals surface area (Å²) in [5.74, 6) is -0.129. The molecule has 21 heavy (non-hydrogen) atoms. The minimum Gasteiger partial charge on any atom is -0.274 e. The first kappa shape index (κ1) is 14.6. The Balaban J connectivity index is 1.91. The Hall–Kier alpha value is -1.37. The Labute approximate surface area is 126 Å². The number of carbonyl (C=O) groups excluding carboxylic acids is 2. The molecule has 0 aromatic rings. The molecule has 4 heteroatoms. The summed E-state index contributed by atoms with van der Waals surface area (Å²) in [7, 11) is 0. The number of imide groups is 1. The zero-order chi connectivity index (χ0) is 14.9. The third-order valence-electron chi connectivity index (χ3n) is 5.77. The fourth-order valence-corrected chi connectivity index (χ4v) is 4.55. The normalized spacial score (nSPS) is 28.4. The number of rotatable bonds is 1. The first-order valence-electron chi connectivity index (χ1n) is 8.42. The lowest BCUT2D eigenvalue weighted by atomic mass is 9.82. The van der Waals surface area contributed by atoms with Gasteiger partial charge in [0.05, 0.1) is 11.5 Å². The largest absolute Gasteiger partial charge is 0.274 e. The molecule has 3 fully saturated rings. The second-order valence-corrected chi connectivity index (χ2v) is 7.11. The number of amides is 2. The van der Waals surface area contributed by atoms with E-state index in [1.165, 1.54) is 11.3 Å². The zero-order valence-electron chi connectivity index (χ0n) is 12.7. The number of nitrogens with zero attached hydrogens (tertiary/aromatic N) is 2. The van der Waals surface area contributed by atoms with Crippen LogP contribution in [0.25, 0.3) is 0 Å². The van der Waals surface area contributed by atoms with Gasteiger partial charge in [0.1, 0.15) is 5.54 Å². The SMILES string of the molecule is N#CC1(N2C(=O)CC3(CCCC3)C2=O)CCCCCCC1. The summed E-state index contributed by atoms with van der Waals surface area (Å²) in [6.07, 6.45) is 10.7. The van der Waals surface area contributed by atoms with E-state index in [0.29, 0.717) is 19.3 Å². The van der Waals surface area contributed by atoms with Crippen LogP contribution >= 0.6 is 0 Å². The van der Waals surface area contributed by atoms with Gasteiger partial charge in [0.2, 0.25) is 11.8 Å². The Morgan fingerprint density at radius 3 is 1.95 bits per heavy atom. The molecule has 2 amide bonds. The predicted octanol–water partition coefficient (Wildman–Crippen LogP) is 3.31. The maximum atomic E-state index is 13.0. The highest BCUT2D eigenvalue weighted by Crippen LogP contribution is 2.50. The van der Waals surface area contributed by atoms with Gasteiger partial charge in [-0.15, -0.1) is 0 Å². The van der Waals surface area contributed by atoms with Crippen LogP contribution in [0, 0.1) is 16.7 Å². The van der Waals surface area contributed by atoms with Crippen LogP contribution in [0.3, 0.4) is 0 Å². The monoisotopic (exact) mass is 288 g/mol. The van der Waals surface area contributed by atoms with E-state index >= 15 is 0 Å². The quantitative estimate of drug-likeness (QED) is 0.695. The van der Waals surface area contributed by atoms with Crippen molar-refractivity contribution in [3.63, 3.8) is 0 Å². The van der Waals surface area contributed by atoms with E-state index in [4.69, 9.17) is 0 Å². The lowest BCUT2D eigenvalue weighted by molar-refractivity contribution is -0.147. The van der Waals surface area contributed by atoms with Crippen molar-refractivity contribution in [3.05, 3.63) is 0 Å². The van der Waals surface area contributed by atoms with Crippen molar-refractivity contribution in [2.75, 3.05) is 0 Å². The molecule has 0 aromatic carbocycles. The molecular weight excluding hydrogens is 264 g/mol. The van der Waals surface area contributed by atoms with Crippen LogP contribution in [0.2, 0.25) is 0 Å². The maximum absolute atomic E-state index is 13.0. The van der Waals surface area contributed by atoms with E-state index in [2.05, 4.69) is 6.07 Å². The molecule has 1 aliphatic heterocycles. The van der Waals surface area contributed by atoms with Gasteiger partial charge in [-0.2, -0.15) is 5.26 Å². The number of hydrogen-bond donors (Lipinski definition) is 0. The molecule has 3 rings (SSSR count). The van der Waals surface area contributed by atoms with E-state index < -0.39 is 11.0 Å². The highest BCUT2D eigenvalue weighted by atomic mass is 16.2. The molecule has 0 aromatic heterocycles. The van der Waals surface area contributed by atoms with E-state index in [9.17, 15) is 14.9 Å². The van der Waals surface area contributed by atoms with Crippen molar-refractivity contribution in [2.45, 2.75) is 82.6 Å². The molecule has 1 saturated heterocycles. The second-order valence-electron chi connectivity index (χ2n) is 7.11. The van der Waals surface area contributed by atoms with Crippen LogP contribution in [0.15, 0.2) is 0 Å². The Kier molecular flexibility index (Phi) is 3.77. The van der Waals surface area contributed by atoms with E-state index in [1.54, 1.807) is 0 Å². The number of carbonyl (C=O) groups is 2. The van der Waals surface area contributed by atoms with Gasteiger partial charge in [-0.3, -0.25) is 14.5 Å². The molecule has 1 heterocycles.